The van der Waals surface area contributed by atoms with Crippen molar-refractivity contribution in [1.29, 1.82) is 0 Å². The minimum atomic E-state index is -1.42. The third kappa shape index (κ3) is 11.9. The van der Waals surface area contributed by atoms with Crippen LogP contribution >= 0.6 is 11.8 Å². The Kier molecular flexibility index (Phi) is 14.3. The van der Waals surface area contributed by atoms with Crippen LogP contribution in [0.4, 0.5) is 0 Å². The monoisotopic (exact) mass is 478 g/mol. The molecule has 0 spiro atoms. The van der Waals surface area contributed by atoms with Crippen LogP contribution in [0.1, 0.15) is 39.5 Å². The first-order valence-electron chi connectivity index (χ1n) is 10.1. The lowest BCUT2D eigenvalue weighted by atomic mass is 10.0. The number of carbonyl (C=O) groups excluding carboxylic acids is 3. The predicted molar refractivity (Wildman–Crippen MR) is 118 cm³/mol. The van der Waals surface area contributed by atoms with Crippen LogP contribution in [0.2, 0.25) is 0 Å². The van der Waals surface area contributed by atoms with E-state index in [4.69, 9.17) is 10.8 Å². The van der Waals surface area contributed by atoms with Gasteiger partial charge in [-0.25, -0.2) is 4.79 Å². The standard InChI is InChI=1S/C19H34N4O8S/c1-10(2)8-13(19(30)31)22-17(28)12(4-5-15(25)26)21-18(29)14(9-24)23-16(27)11(20)6-7-32-3/h10-14,24H,4-9,20H2,1-3H3,(H,21,29)(H,22,28)(H,23,27)(H,25,26)(H,30,31). The molecule has 184 valence electrons. The number of carboxylic acid groups (broad SMARTS) is 2. The van der Waals surface area contributed by atoms with Crippen molar-refractivity contribution in [1.82, 2.24) is 16.0 Å². The molecule has 0 radical (unpaired) electrons. The minimum Gasteiger partial charge on any atom is -0.481 e. The number of hydrogen-bond acceptors (Lipinski definition) is 8. The van der Waals surface area contributed by atoms with Gasteiger partial charge in [-0.2, -0.15) is 11.8 Å². The lowest BCUT2D eigenvalue weighted by molar-refractivity contribution is -0.143. The highest BCUT2D eigenvalue weighted by atomic mass is 32.2. The zero-order chi connectivity index (χ0) is 24.8. The molecule has 0 heterocycles. The zero-order valence-corrected chi connectivity index (χ0v) is 19.3. The molecule has 0 aliphatic rings. The van der Waals surface area contributed by atoms with Gasteiger partial charge in [0, 0.05) is 6.42 Å². The van der Waals surface area contributed by atoms with Gasteiger partial charge in [0.2, 0.25) is 17.7 Å². The van der Waals surface area contributed by atoms with Crippen LogP contribution in [-0.4, -0.2) is 87.8 Å². The first-order valence-corrected chi connectivity index (χ1v) is 11.5. The van der Waals surface area contributed by atoms with Gasteiger partial charge in [-0.1, -0.05) is 13.8 Å². The van der Waals surface area contributed by atoms with Crippen LogP contribution < -0.4 is 21.7 Å². The molecule has 4 unspecified atom stereocenters. The molecule has 0 saturated carbocycles. The predicted octanol–water partition coefficient (Wildman–Crippen LogP) is -1.49. The number of aliphatic hydroxyl groups excluding tert-OH is 1. The molecule has 32 heavy (non-hydrogen) atoms. The first-order chi connectivity index (χ1) is 14.9. The van der Waals surface area contributed by atoms with E-state index in [1.54, 1.807) is 13.8 Å². The Morgan fingerprint density at radius 2 is 1.41 bits per heavy atom. The number of hydrogen-bond donors (Lipinski definition) is 7. The highest BCUT2D eigenvalue weighted by molar-refractivity contribution is 7.98. The highest BCUT2D eigenvalue weighted by Gasteiger charge is 2.30. The number of aliphatic hydroxyl groups is 1. The topological polar surface area (TPSA) is 208 Å². The van der Waals surface area contributed by atoms with Crippen molar-refractivity contribution >= 4 is 41.4 Å². The highest BCUT2D eigenvalue weighted by Crippen LogP contribution is 2.07. The lowest BCUT2D eigenvalue weighted by Gasteiger charge is -2.24. The summed E-state index contributed by atoms with van der Waals surface area (Å²) in [5, 5.41) is 34.6. The Balaban J connectivity index is 5.29. The molecular weight excluding hydrogens is 444 g/mol. The minimum absolute atomic E-state index is 0.0484. The molecule has 0 bridgehead atoms. The lowest BCUT2D eigenvalue weighted by Crippen LogP contribution is -2.58. The summed E-state index contributed by atoms with van der Waals surface area (Å²) in [4.78, 5) is 59.6. The van der Waals surface area contributed by atoms with E-state index in [0.29, 0.717) is 12.2 Å². The van der Waals surface area contributed by atoms with Gasteiger partial charge in [-0.15, -0.1) is 0 Å². The number of nitrogens with two attached hydrogens (primary N) is 1. The summed E-state index contributed by atoms with van der Waals surface area (Å²) in [6.07, 6.45) is 1.52. The third-order valence-electron chi connectivity index (χ3n) is 4.39. The summed E-state index contributed by atoms with van der Waals surface area (Å²) in [6.45, 7) is 2.75. The van der Waals surface area contributed by atoms with Crippen molar-refractivity contribution in [3.05, 3.63) is 0 Å². The Bertz CT molecular complexity index is 661. The molecule has 3 amide bonds. The second-order valence-corrected chi connectivity index (χ2v) is 8.64. The van der Waals surface area contributed by atoms with E-state index in [1.807, 2.05) is 6.26 Å². The maximum absolute atomic E-state index is 12.6. The fourth-order valence-electron chi connectivity index (χ4n) is 2.62. The number of carbonyl (C=O) groups is 5. The van der Waals surface area contributed by atoms with Crippen LogP contribution in [0, 0.1) is 5.92 Å². The van der Waals surface area contributed by atoms with Crippen LogP contribution in [0.3, 0.4) is 0 Å². The van der Waals surface area contributed by atoms with Gasteiger partial charge < -0.3 is 37.0 Å². The molecule has 13 heteroatoms. The fraction of sp³-hybridized carbons (Fsp3) is 0.737. The van der Waals surface area contributed by atoms with Gasteiger partial charge in [-0.3, -0.25) is 19.2 Å². The van der Waals surface area contributed by atoms with Gasteiger partial charge in [0.25, 0.3) is 0 Å². The summed E-state index contributed by atoms with van der Waals surface area (Å²) in [6, 6.07) is -4.94. The maximum atomic E-state index is 12.6. The molecular formula is C19H34N4O8S. The molecule has 12 nitrogen and oxygen atoms in total. The largest absolute Gasteiger partial charge is 0.481 e. The Labute approximate surface area is 191 Å². The number of aliphatic carboxylic acids is 2. The second-order valence-electron chi connectivity index (χ2n) is 7.65. The first kappa shape index (κ1) is 29.6. The number of rotatable bonds is 16. The summed E-state index contributed by atoms with van der Waals surface area (Å²) in [7, 11) is 0. The van der Waals surface area contributed by atoms with Crippen molar-refractivity contribution in [3.8, 4) is 0 Å². The average molecular weight is 479 g/mol. The summed E-state index contributed by atoms with van der Waals surface area (Å²) >= 11 is 1.49. The van der Waals surface area contributed by atoms with Crippen molar-refractivity contribution < 1.29 is 39.3 Å². The SMILES string of the molecule is CSCCC(N)C(=O)NC(CO)C(=O)NC(CCC(=O)O)C(=O)NC(CC(C)C)C(=O)O. The molecule has 0 saturated heterocycles. The quantitative estimate of drug-likeness (QED) is 0.137. The Hall–Kier alpha value is -2.38. The van der Waals surface area contributed by atoms with Gasteiger partial charge >= 0.3 is 11.9 Å². The number of nitrogens with one attached hydrogen (secondary N) is 3. The van der Waals surface area contributed by atoms with E-state index >= 15 is 0 Å². The smallest absolute Gasteiger partial charge is 0.326 e. The summed E-state index contributed by atoms with van der Waals surface area (Å²) in [5.41, 5.74) is 5.74. The molecule has 0 rings (SSSR count). The molecule has 0 aromatic heterocycles. The molecule has 0 aliphatic heterocycles. The number of thioether (sulfide) groups is 1. The van der Waals surface area contributed by atoms with E-state index in [2.05, 4.69) is 16.0 Å². The van der Waals surface area contributed by atoms with E-state index < -0.39 is 66.9 Å². The van der Waals surface area contributed by atoms with Crippen LogP contribution in [0.25, 0.3) is 0 Å². The number of carboxylic acids is 2. The maximum Gasteiger partial charge on any atom is 0.326 e. The van der Waals surface area contributed by atoms with E-state index in [9.17, 15) is 34.2 Å². The summed E-state index contributed by atoms with van der Waals surface area (Å²) in [5.74, 6) is -4.40. The van der Waals surface area contributed by atoms with Crippen molar-refractivity contribution in [2.75, 3.05) is 18.6 Å². The molecule has 0 aliphatic carbocycles. The van der Waals surface area contributed by atoms with Crippen LogP contribution in [-0.2, 0) is 24.0 Å². The molecule has 4 atom stereocenters. The van der Waals surface area contributed by atoms with Crippen LogP contribution in [0.5, 0.6) is 0 Å². The molecule has 8 N–H and O–H groups in total. The van der Waals surface area contributed by atoms with Gasteiger partial charge in [-0.05, 0) is 37.2 Å². The number of amides is 3. The van der Waals surface area contributed by atoms with E-state index in [0.717, 1.165) is 0 Å². The van der Waals surface area contributed by atoms with Crippen molar-refractivity contribution in [3.63, 3.8) is 0 Å². The van der Waals surface area contributed by atoms with Crippen LogP contribution in [0.15, 0.2) is 0 Å². The van der Waals surface area contributed by atoms with E-state index in [1.165, 1.54) is 11.8 Å². The molecule has 0 aromatic rings. The molecule has 0 aromatic carbocycles. The summed E-state index contributed by atoms with van der Waals surface area (Å²) < 4.78 is 0. The average Bonchev–Trinajstić information content (AvgIpc) is 2.71. The van der Waals surface area contributed by atoms with Crippen molar-refractivity contribution in [2.45, 2.75) is 63.7 Å². The fourth-order valence-corrected chi connectivity index (χ4v) is 3.11. The Morgan fingerprint density at radius 1 is 0.875 bits per heavy atom. The van der Waals surface area contributed by atoms with Crippen molar-refractivity contribution in [2.24, 2.45) is 11.7 Å². The Morgan fingerprint density at radius 3 is 1.88 bits per heavy atom. The normalized spacial score (nSPS) is 14.7. The third-order valence-corrected chi connectivity index (χ3v) is 5.03. The van der Waals surface area contributed by atoms with Gasteiger partial charge in [0.1, 0.15) is 18.1 Å². The van der Waals surface area contributed by atoms with E-state index in [-0.39, 0.29) is 18.8 Å². The zero-order valence-electron chi connectivity index (χ0n) is 18.5. The second kappa shape index (κ2) is 15.4. The van der Waals surface area contributed by atoms with Gasteiger partial charge in [0.05, 0.1) is 12.6 Å². The van der Waals surface area contributed by atoms with Gasteiger partial charge in [0.15, 0.2) is 0 Å². The molecule has 0 fully saturated rings.